The Balaban J connectivity index is 2.92. The molecule has 3 N–H and O–H groups in total. The molecule has 0 aliphatic heterocycles. The average molecular weight is 320 g/mol. The second-order valence-electron chi connectivity index (χ2n) is 4.22. The minimum atomic E-state index is -0.294. The standard InChI is InChI=1S/C11H18BrN3O3/c1-7(6-17)8(2)14-9-5-13-15(3-4-16)11(18)10(9)12/h5,7-8,14,16-17H,3-4,6H2,1-2H3. The van der Waals surface area contributed by atoms with Crippen LogP contribution in [0.5, 0.6) is 0 Å². The smallest absolute Gasteiger partial charge is 0.283 e. The van der Waals surface area contributed by atoms with Crippen molar-refractivity contribution < 1.29 is 10.2 Å². The van der Waals surface area contributed by atoms with E-state index in [9.17, 15) is 4.79 Å². The predicted molar refractivity (Wildman–Crippen MR) is 72.6 cm³/mol. The van der Waals surface area contributed by atoms with E-state index in [0.29, 0.717) is 10.2 Å². The normalized spacial score (nSPS) is 14.3. The molecule has 102 valence electrons. The fourth-order valence-corrected chi connectivity index (χ4v) is 1.79. The van der Waals surface area contributed by atoms with Crippen molar-refractivity contribution in [3.8, 4) is 0 Å². The summed E-state index contributed by atoms with van der Waals surface area (Å²) in [4.78, 5) is 11.9. The molecule has 1 heterocycles. The average Bonchev–Trinajstić information content (AvgIpc) is 2.37. The van der Waals surface area contributed by atoms with Gasteiger partial charge in [-0.25, -0.2) is 4.68 Å². The van der Waals surface area contributed by atoms with Gasteiger partial charge in [0.1, 0.15) is 4.47 Å². The van der Waals surface area contributed by atoms with Crippen LogP contribution in [-0.2, 0) is 6.54 Å². The Bertz CT molecular complexity index is 450. The molecule has 18 heavy (non-hydrogen) atoms. The van der Waals surface area contributed by atoms with Crippen LogP contribution in [0.25, 0.3) is 0 Å². The number of hydrogen-bond acceptors (Lipinski definition) is 5. The highest BCUT2D eigenvalue weighted by atomic mass is 79.9. The Kier molecular flexibility index (Phi) is 5.77. The molecule has 7 heteroatoms. The van der Waals surface area contributed by atoms with Gasteiger partial charge >= 0.3 is 0 Å². The summed E-state index contributed by atoms with van der Waals surface area (Å²) in [5.74, 6) is 0.0665. The molecule has 1 aromatic heterocycles. The molecule has 1 rings (SSSR count). The highest BCUT2D eigenvalue weighted by Crippen LogP contribution is 2.19. The number of rotatable bonds is 6. The predicted octanol–water partition coefficient (Wildman–Crippen LogP) is 0.427. The van der Waals surface area contributed by atoms with Gasteiger partial charge in [-0.3, -0.25) is 4.79 Å². The van der Waals surface area contributed by atoms with Crippen LogP contribution in [0.3, 0.4) is 0 Å². The lowest BCUT2D eigenvalue weighted by Gasteiger charge is -2.21. The Morgan fingerprint density at radius 1 is 1.50 bits per heavy atom. The van der Waals surface area contributed by atoms with Crippen LogP contribution in [0, 0.1) is 5.92 Å². The lowest BCUT2D eigenvalue weighted by Crippen LogP contribution is -2.30. The quantitative estimate of drug-likeness (QED) is 0.707. The van der Waals surface area contributed by atoms with Gasteiger partial charge in [-0.2, -0.15) is 5.10 Å². The summed E-state index contributed by atoms with van der Waals surface area (Å²) < 4.78 is 1.57. The minimum absolute atomic E-state index is 0.0150. The number of aromatic nitrogens is 2. The summed E-state index contributed by atoms with van der Waals surface area (Å²) in [6.07, 6.45) is 1.53. The monoisotopic (exact) mass is 319 g/mol. The second-order valence-corrected chi connectivity index (χ2v) is 5.01. The molecule has 0 aliphatic carbocycles. The molecular formula is C11H18BrN3O3. The third kappa shape index (κ3) is 3.54. The number of aliphatic hydroxyl groups is 2. The van der Waals surface area contributed by atoms with E-state index in [1.165, 1.54) is 10.9 Å². The van der Waals surface area contributed by atoms with Crippen molar-refractivity contribution in [2.75, 3.05) is 18.5 Å². The minimum Gasteiger partial charge on any atom is -0.396 e. The molecule has 0 fully saturated rings. The zero-order valence-corrected chi connectivity index (χ0v) is 12.0. The van der Waals surface area contributed by atoms with E-state index in [1.807, 2.05) is 13.8 Å². The third-order valence-corrected chi connectivity index (χ3v) is 3.59. The summed E-state index contributed by atoms with van der Waals surface area (Å²) in [6, 6.07) is 0.0150. The van der Waals surface area contributed by atoms with Crippen LogP contribution in [0.1, 0.15) is 13.8 Å². The van der Waals surface area contributed by atoms with Gasteiger partial charge in [0.05, 0.1) is 25.0 Å². The van der Waals surface area contributed by atoms with Gasteiger partial charge in [0.15, 0.2) is 0 Å². The van der Waals surface area contributed by atoms with Crippen molar-refractivity contribution in [3.63, 3.8) is 0 Å². The van der Waals surface area contributed by atoms with Gasteiger partial charge in [-0.1, -0.05) is 6.92 Å². The molecule has 0 aromatic carbocycles. The number of halogens is 1. The topological polar surface area (TPSA) is 87.4 Å². The lowest BCUT2D eigenvalue weighted by atomic mass is 10.1. The third-order valence-electron chi connectivity index (χ3n) is 2.82. The number of nitrogens with one attached hydrogen (secondary N) is 1. The fraction of sp³-hybridized carbons (Fsp3) is 0.636. The molecule has 0 saturated carbocycles. The number of aliphatic hydroxyl groups excluding tert-OH is 2. The molecule has 0 aliphatic rings. The number of nitrogens with zero attached hydrogens (tertiary/aromatic N) is 2. The Hall–Kier alpha value is -0.920. The summed E-state index contributed by atoms with van der Waals surface area (Å²) in [7, 11) is 0. The molecular weight excluding hydrogens is 302 g/mol. The van der Waals surface area contributed by atoms with Crippen LogP contribution in [0.15, 0.2) is 15.5 Å². The molecule has 0 radical (unpaired) electrons. The SMILES string of the molecule is CC(CO)C(C)Nc1cnn(CCO)c(=O)c1Br. The molecule has 2 unspecified atom stereocenters. The van der Waals surface area contributed by atoms with Gasteiger partial charge in [-0.15, -0.1) is 0 Å². The van der Waals surface area contributed by atoms with Gasteiger partial charge in [0.25, 0.3) is 5.56 Å². The maximum Gasteiger partial charge on any atom is 0.283 e. The van der Waals surface area contributed by atoms with Crippen LogP contribution < -0.4 is 10.9 Å². The summed E-state index contributed by atoms with van der Waals surface area (Å²) in [5, 5.41) is 24.9. The van der Waals surface area contributed by atoms with Gasteiger partial charge < -0.3 is 15.5 Å². The van der Waals surface area contributed by atoms with E-state index in [2.05, 4.69) is 26.3 Å². The van der Waals surface area contributed by atoms with Gasteiger partial charge in [-0.05, 0) is 28.8 Å². The molecule has 0 saturated heterocycles. The first-order chi connectivity index (χ1) is 8.51. The zero-order valence-electron chi connectivity index (χ0n) is 10.4. The number of hydrogen-bond donors (Lipinski definition) is 3. The molecule has 0 spiro atoms. The van der Waals surface area contributed by atoms with Crippen molar-refractivity contribution in [1.82, 2.24) is 9.78 Å². The maximum absolute atomic E-state index is 11.9. The highest BCUT2D eigenvalue weighted by molar-refractivity contribution is 9.10. The molecule has 2 atom stereocenters. The number of anilines is 1. The Morgan fingerprint density at radius 2 is 2.17 bits per heavy atom. The largest absolute Gasteiger partial charge is 0.396 e. The summed E-state index contributed by atoms with van der Waals surface area (Å²) >= 11 is 3.22. The van der Waals surface area contributed by atoms with Gasteiger partial charge in [0, 0.05) is 12.6 Å². The van der Waals surface area contributed by atoms with E-state index in [-0.39, 0.29) is 37.3 Å². The second kappa shape index (κ2) is 6.86. The van der Waals surface area contributed by atoms with Crippen molar-refractivity contribution in [2.24, 2.45) is 5.92 Å². The lowest BCUT2D eigenvalue weighted by molar-refractivity contribution is 0.226. The molecule has 0 amide bonds. The summed E-state index contributed by atoms with van der Waals surface area (Å²) in [6.45, 7) is 3.93. The Morgan fingerprint density at radius 3 is 2.72 bits per heavy atom. The van der Waals surface area contributed by atoms with Crippen molar-refractivity contribution in [2.45, 2.75) is 26.4 Å². The zero-order chi connectivity index (χ0) is 13.7. The first-order valence-electron chi connectivity index (χ1n) is 5.75. The van der Waals surface area contributed by atoms with Crippen molar-refractivity contribution in [3.05, 3.63) is 21.0 Å². The van der Waals surface area contributed by atoms with Gasteiger partial charge in [0.2, 0.25) is 0 Å². The van der Waals surface area contributed by atoms with E-state index in [1.54, 1.807) is 0 Å². The fourth-order valence-electron chi connectivity index (χ4n) is 1.37. The van der Waals surface area contributed by atoms with Crippen molar-refractivity contribution >= 4 is 21.6 Å². The molecule has 6 nitrogen and oxygen atoms in total. The van der Waals surface area contributed by atoms with E-state index >= 15 is 0 Å². The first kappa shape index (κ1) is 15.1. The van der Waals surface area contributed by atoms with E-state index in [4.69, 9.17) is 10.2 Å². The first-order valence-corrected chi connectivity index (χ1v) is 6.54. The van der Waals surface area contributed by atoms with Crippen LogP contribution in [0.2, 0.25) is 0 Å². The van der Waals surface area contributed by atoms with Crippen LogP contribution in [-0.4, -0.2) is 39.2 Å². The van der Waals surface area contributed by atoms with Crippen LogP contribution in [0.4, 0.5) is 5.69 Å². The molecule has 0 bridgehead atoms. The van der Waals surface area contributed by atoms with E-state index < -0.39 is 0 Å². The van der Waals surface area contributed by atoms with Crippen LogP contribution >= 0.6 is 15.9 Å². The Labute approximate surface area is 114 Å². The molecule has 1 aromatic rings. The van der Waals surface area contributed by atoms with Crippen molar-refractivity contribution in [1.29, 1.82) is 0 Å². The highest BCUT2D eigenvalue weighted by Gasteiger charge is 2.14. The summed E-state index contributed by atoms with van der Waals surface area (Å²) in [5.41, 5.74) is 0.292. The van der Waals surface area contributed by atoms with E-state index in [0.717, 1.165) is 0 Å². The maximum atomic E-state index is 11.9.